The maximum absolute atomic E-state index is 13.3. The largest absolute Gasteiger partial charge is 0.457 e. The summed E-state index contributed by atoms with van der Waals surface area (Å²) in [4.78, 5) is 26.4. The van der Waals surface area contributed by atoms with E-state index in [-0.39, 0.29) is 36.6 Å². The van der Waals surface area contributed by atoms with Crippen LogP contribution in [0.25, 0.3) is 0 Å². The molecule has 0 heterocycles. The molecule has 0 radical (unpaired) electrons. The number of ether oxygens (including phenoxy) is 1. The second kappa shape index (κ2) is 9.00. The van der Waals surface area contributed by atoms with E-state index in [2.05, 4.69) is 13.8 Å². The van der Waals surface area contributed by atoms with Gasteiger partial charge in [0, 0.05) is 29.6 Å². The Kier molecular flexibility index (Phi) is 6.58. The van der Waals surface area contributed by atoms with E-state index in [0.29, 0.717) is 29.9 Å². The second-order valence-corrected chi connectivity index (χ2v) is 13.5. The van der Waals surface area contributed by atoms with Crippen molar-refractivity contribution in [2.45, 2.75) is 108 Å². The van der Waals surface area contributed by atoms with Gasteiger partial charge in [-0.15, -0.1) is 0 Å². The summed E-state index contributed by atoms with van der Waals surface area (Å²) in [5.41, 5.74) is 2.89. The van der Waals surface area contributed by atoms with Crippen LogP contribution in [0.1, 0.15) is 85.5 Å². The first kappa shape index (κ1) is 27.0. The molecular formula is C30H45NO6. The van der Waals surface area contributed by atoms with Gasteiger partial charge < -0.3 is 25.8 Å². The summed E-state index contributed by atoms with van der Waals surface area (Å²) < 4.78 is 6.31. The standard InChI is InChI=1S/C30H45NO6/c1-17-12-23-28(35,25(17)33)15-20(16-32)13-21-24-27(3,4)29(24,14-18(2)30(21,23)36)37-26(34)22(31)11-10-19-8-6-5-7-9-19/h12-13,18-19,21-24,32,35-36H,5-11,14-16,31H2,1-4H3/t18-,21+,22+,23-,24-,28-,29+,30-/m1/s1. The molecule has 0 aromatic carbocycles. The van der Waals surface area contributed by atoms with Crippen molar-refractivity contribution in [1.29, 1.82) is 0 Å². The van der Waals surface area contributed by atoms with Gasteiger partial charge in [0.15, 0.2) is 5.78 Å². The van der Waals surface area contributed by atoms with Crippen molar-refractivity contribution in [3.63, 3.8) is 0 Å². The molecule has 3 fully saturated rings. The summed E-state index contributed by atoms with van der Waals surface area (Å²) in [6.45, 7) is 7.39. The predicted octanol–water partition coefficient (Wildman–Crippen LogP) is 3.20. The molecule has 0 aromatic heterocycles. The van der Waals surface area contributed by atoms with Crippen LogP contribution in [0.4, 0.5) is 0 Å². The molecule has 5 aliphatic carbocycles. The molecule has 8 atom stereocenters. The van der Waals surface area contributed by atoms with Gasteiger partial charge in [-0.2, -0.15) is 0 Å². The van der Waals surface area contributed by atoms with Crippen molar-refractivity contribution >= 4 is 11.8 Å². The number of ketones is 1. The maximum atomic E-state index is 13.3. The van der Waals surface area contributed by atoms with Crippen molar-refractivity contribution in [3.8, 4) is 0 Å². The molecule has 7 nitrogen and oxygen atoms in total. The monoisotopic (exact) mass is 515 g/mol. The third-order valence-corrected chi connectivity index (χ3v) is 11.1. The number of esters is 1. The summed E-state index contributed by atoms with van der Waals surface area (Å²) >= 11 is 0. The van der Waals surface area contributed by atoms with Crippen LogP contribution in [0.3, 0.4) is 0 Å². The van der Waals surface area contributed by atoms with Crippen molar-refractivity contribution in [2.24, 2.45) is 40.7 Å². The molecule has 206 valence electrons. The van der Waals surface area contributed by atoms with E-state index in [1.165, 1.54) is 32.1 Å². The Morgan fingerprint density at radius 2 is 1.86 bits per heavy atom. The number of aliphatic hydroxyl groups is 3. The van der Waals surface area contributed by atoms with Crippen molar-refractivity contribution in [3.05, 3.63) is 23.3 Å². The quantitative estimate of drug-likeness (QED) is 0.316. The first-order valence-electron chi connectivity index (χ1n) is 14.3. The lowest BCUT2D eigenvalue weighted by Crippen LogP contribution is -2.61. The number of fused-ring (bicyclic) bond motifs is 5. The number of nitrogens with two attached hydrogens (primary N) is 1. The average molecular weight is 516 g/mol. The molecule has 0 unspecified atom stereocenters. The first-order chi connectivity index (χ1) is 17.3. The van der Waals surface area contributed by atoms with Crippen LogP contribution >= 0.6 is 0 Å². The lowest BCUT2D eigenvalue weighted by atomic mass is 9.60. The lowest BCUT2D eigenvalue weighted by molar-refractivity contribution is -0.187. The van der Waals surface area contributed by atoms with Gasteiger partial charge in [-0.1, -0.05) is 65.0 Å². The van der Waals surface area contributed by atoms with E-state index in [4.69, 9.17) is 10.5 Å². The van der Waals surface area contributed by atoms with Crippen LogP contribution < -0.4 is 5.73 Å². The Balaban J connectivity index is 1.41. The van der Waals surface area contributed by atoms with Crippen LogP contribution in [0.15, 0.2) is 23.3 Å². The topological polar surface area (TPSA) is 130 Å². The fourth-order valence-electron chi connectivity index (χ4n) is 8.86. The molecule has 0 amide bonds. The Morgan fingerprint density at radius 3 is 2.51 bits per heavy atom. The fraction of sp³-hybridized carbons (Fsp3) is 0.800. The van der Waals surface area contributed by atoms with Gasteiger partial charge in [0.25, 0.3) is 0 Å². The Bertz CT molecular complexity index is 1030. The molecule has 3 saturated carbocycles. The number of carbonyl (C=O) groups excluding carboxylic acids is 2. The van der Waals surface area contributed by atoms with Crippen molar-refractivity contribution in [2.75, 3.05) is 6.61 Å². The highest BCUT2D eigenvalue weighted by Crippen LogP contribution is 2.76. The van der Waals surface area contributed by atoms with E-state index >= 15 is 0 Å². The molecule has 7 heteroatoms. The Morgan fingerprint density at radius 1 is 1.19 bits per heavy atom. The molecule has 0 spiro atoms. The zero-order valence-corrected chi connectivity index (χ0v) is 22.8. The van der Waals surface area contributed by atoms with E-state index in [1.807, 2.05) is 13.0 Å². The zero-order chi connectivity index (χ0) is 27.0. The van der Waals surface area contributed by atoms with E-state index in [0.717, 1.165) is 6.42 Å². The third-order valence-electron chi connectivity index (χ3n) is 11.1. The van der Waals surface area contributed by atoms with Crippen LogP contribution in [-0.2, 0) is 14.3 Å². The molecule has 0 aliphatic heterocycles. The smallest absolute Gasteiger partial charge is 0.323 e. The van der Waals surface area contributed by atoms with Gasteiger partial charge in [0.2, 0.25) is 0 Å². The Hall–Kier alpha value is -1.54. The summed E-state index contributed by atoms with van der Waals surface area (Å²) in [6, 6.07) is -0.676. The van der Waals surface area contributed by atoms with Gasteiger partial charge in [-0.05, 0) is 49.2 Å². The fourth-order valence-corrected chi connectivity index (χ4v) is 8.86. The Labute approximate surface area is 220 Å². The molecule has 5 N–H and O–H groups in total. The highest BCUT2D eigenvalue weighted by atomic mass is 16.6. The molecule has 0 aromatic rings. The van der Waals surface area contributed by atoms with Gasteiger partial charge in [0.05, 0.1) is 12.2 Å². The molecule has 37 heavy (non-hydrogen) atoms. The molecule has 0 bridgehead atoms. The van der Waals surface area contributed by atoms with Gasteiger partial charge in [-0.25, -0.2) is 0 Å². The second-order valence-electron chi connectivity index (χ2n) is 13.5. The number of aliphatic hydroxyl groups excluding tert-OH is 1. The third kappa shape index (κ3) is 3.82. The zero-order valence-electron chi connectivity index (χ0n) is 22.8. The molecular weight excluding hydrogens is 470 g/mol. The van der Waals surface area contributed by atoms with Gasteiger partial charge in [0.1, 0.15) is 17.2 Å². The minimum absolute atomic E-state index is 0.0155. The molecule has 5 rings (SSSR count). The average Bonchev–Trinajstić information content (AvgIpc) is 3.27. The number of Topliss-reactive ketones (excluding diaryl/α,β-unsaturated/α-hetero) is 1. The lowest BCUT2D eigenvalue weighted by Gasteiger charge is -2.50. The van der Waals surface area contributed by atoms with Gasteiger partial charge in [-0.3, -0.25) is 9.59 Å². The summed E-state index contributed by atoms with van der Waals surface area (Å²) in [5.74, 6) is -2.01. The van der Waals surface area contributed by atoms with Crippen LogP contribution in [0, 0.1) is 35.0 Å². The van der Waals surface area contributed by atoms with Crippen LogP contribution in [-0.4, -0.2) is 56.5 Å². The number of rotatable bonds is 6. The molecule has 5 aliphatic rings. The predicted molar refractivity (Wildman–Crippen MR) is 139 cm³/mol. The van der Waals surface area contributed by atoms with Crippen LogP contribution in [0.2, 0.25) is 0 Å². The van der Waals surface area contributed by atoms with Crippen LogP contribution in [0.5, 0.6) is 0 Å². The summed E-state index contributed by atoms with van der Waals surface area (Å²) in [6.07, 6.45) is 11.8. The van der Waals surface area contributed by atoms with Crippen molar-refractivity contribution < 1.29 is 29.6 Å². The van der Waals surface area contributed by atoms with E-state index < -0.39 is 40.1 Å². The number of carbonyl (C=O) groups is 2. The SMILES string of the molecule is CC1=C[C@H]2[C@@]3(O)[C@H](C)C[C@]4(OC(=O)[C@@H](N)CCC5CCCCC5)[C@H]([C@@H]3C=C(CO)C[C@]2(O)C1=O)C4(C)C. The van der Waals surface area contributed by atoms with E-state index in [1.54, 1.807) is 13.0 Å². The number of hydrogen-bond acceptors (Lipinski definition) is 7. The first-order valence-corrected chi connectivity index (χ1v) is 14.3. The van der Waals surface area contributed by atoms with Crippen molar-refractivity contribution in [1.82, 2.24) is 0 Å². The summed E-state index contributed by atoms with van der Waals surface area (Å²) in [5, 5.41) is 34.1. The minimum Gasteiger partial charge on any atom is -0.457 e. The van der Waals surface area contributed by atoms with Gasteiger partial charge >= 0.3 is 5.97 Å². The highest BCUT2D eigenvalue weighted by Gasteiger charge is 2.83. The minimum atomic E-state index is -1.78. The number of hydrogen-bond donors (Lipinski definition) is 4. The molecule has 0 saturated heterocycles. The van der Waals surface area contributed by atoms with E-state index in [9.17, 15) is 24.9 Å². The maximum Gasteiger partial charge on any atom is 0.323 e. The highest BCUT2D eigenvalue weighted by molar-refractivity contribution is 6.04. The summed E-state index contributed by atoms with van der Waals surface area (Å²) in [7, 11) is 0. The normalized spacial score (nSPS) is 43.5.